The van der Waals surface area contributed by atoms with Crippen molar-refractivity contribution in [2.75, 3.05) is 0 Å². The third-order valence-corrected chi connectivity index (χ3v) is 11.4. The van der Waals surface area contributed by atoms with Crippen molar-refractivity contribution in [2.45, 2.75) is 6.04 Å². The lowest BCUT2D eigenvalue weighted by Crippen LogP contribution is -2.21. The van der Waals surface area contributed by atoms with Gasteiger partial charge in [-0.1, -0.05) is 140 Å². The highest BCUT2D eigenvalue weighted by Gasteiger charge is 2.25. The van der Waals surface area contributed by atoms with E-state index in [1.165, 1.54) is 87.5 Å². The first-order valence-corrected chi connectivity index (χ1v) is 18.4. The Kier molecular flexibility index (Phi) is 6.72. The lowest BCUT2D eigenvalue weighted by molar-refractivity contribution is 0.699. The molecule has 2 heterocycles. The molecule has 0 N–H and O–H groups in total. The van der Waals surface area contributed by atoms with Gasteiger partial charge in [-0.2, -0.15) is 0 Å². The van der Waals surface area contributed by atoms with Crippen molar-refractivity contribution >= 4 is 65.9 Å². The van der Waals surface area contributed by atoms with Gasteiger partial charge in [-0.25, -0.2) is 0 Å². The van der Waals surface area contributed by atoms with Crippen molar-refractivity contribution in [1.29, 1.82) is 0 Å². The van der Waals surface area contributed by atoms with Crippen molar-refractivity contribution in [3.8, 4) is 27.9 Å². The minimum atomic E-state index is 0.157. The Morgan fingerprint density at radius 3 is 1.55 bits per heavy atom. The molecule has 248 valence electrons. The van der Waals surface area contributed by atoms with Crippen molar-refractivity contribution in [2.24, 2.45) is 10.9 Å². The normalized spacial score (nSPS) is 16.6. The van der Waals surface area contributed by atoms with Crippen LogP contribution < -0.4 is 0 Å². The second kappa shape index (κ2) is 11.9. The molecule has 1 aliphatic heterocycles. The Bertz CT molecular complexity index is 3010. The molecule has 0 amide bonds. The minimum absolute atomic E-state index is 0.157. The van der Waals surface area contributed by atoms with E-state index in [1.54, 1.807) is 0 Å². The average Bonchev–Trinajstić information content (AvgIpc) is 3.57. The monoisotopic (exact) mass is 674 g/mol. The topological polar surface area (TPSA) is 17.3 Å². The van der Waals surface area contributed by atoms with Crippen LogP contribution in [0.25, 0.3) is 87.6 Å². The van der Waals surface area contributed by atoms with Gasteiger partial charge in [0.25, 0.3) is 0 Å². The van der Waals surface area contributed by atoms with Crippen LogP contribution in [0.1, 0.15) is 5.56 Å². The Labute approximate surface area is 308 Å². The molecule has 8 aromatic carbocycles. The van der Waals surface area contributed by atoms with Gasteiger partial charge in [0.2, 0.25) is 0 Å². The maximum absolute atomic E-state index is 4.75. The third kappa shape index (κ3) is 4.76. The fourth-order valence-corrected chi connectivity index (χ4v) is 8.83. The average molecular weight is 675 g/mol. The Balaban J connectivity index is 1.02. The fraction of sp³-hybridized carbons (Fsp3) is 0.0392. The molecule has 0 fully saturated rings. The zero-order chi connectivity index (χ0) is 34.9. The number of benzene rings is 8. The van der Waals surface area contributed by atoms with Crippen molar-refractivity contribution in [3.05, 3.63) is 194 Å². The van der Waals surface area contributed by atoms with Crippen molar-refractivity contribution < 1.29 is 0 Å². The molecule has 0 saturated heterocycles. The summed E-state index contributed by atoms with van der Waals surface area (Å²) >= 11 is 0. The smallest absolute Gasteiger partial charge is 0.0786 e. The zero-order valence-electron chi connectivity index (χ0n) is 29.0. The van der Waals surface area contributed by atoms with Crippen molar-refractivity contribution in [3.63, 3.8) is 0 Å². The summed E-state index contributed by atoms with van der Waals surface area (Å²) in [7, 11) is 0. The van der Waals surface area contributed by atoms with Crippen LogP contribution in [0, 0.1) is 5.92 Å². The molecule has 1 aliphatic carbocycles. The van der Waals surface area contributed by atoms with Gasteiger partial charge < -0.3 is 4.57 Å². The summed E-state index contributed by atoms with van der Waals surface area (Å²) < 4.78 is 2.40. The lowest BCUT2D eigenvalue weighted by Gasteiger charge is -2.26. The fourth-order valence-electron chi connectivity index (χ4n) is 8.83. The van der Waals surface area contributed by atoms with E-state index >= 15 is 0 Å². The van der Waals surface area contributed by atoms with E-state index in [1.807, 2.05) is 6.21 Å². The highest BCUT2D eigenvalue weighted by Crippen LogP contribution is 2.41. The number of aliphatic imine (C=N–C) groups is 1. The second-order valence-electron chi connectivity index (χ2n) is 14.3. The molecule has 53 heavy (non-hydrogen) atoms. The Hall–Kier alpha value is -6.77. The first-order chi connectivity index (χ1) is 26.3. The van der Waals surface area contributed by atoms with Gasteiger partial charge in [0.05, 0.1) is 17.1 Å². The van der Waals surface area contributed by atoms with Crippen LogP contribution in [-0.2, 0) is 0 Å². The summed E-state index contributed by atoms with van der Waals surface area (Å²) in [5.41, 5.74) is 11.0. The van der Waals surface area contributed by atoms with Crippen LogP contribution in [0.5, 0.6) is 0 Å². The van der Waals surface area contributed by atoms with E-state index in [4.69, 9.17) is 4.99 Å². The summed E-state index contributed by atoms with van der Waals surface area (Å²) in [6.07, 6.45) is 12.9. The molecule has 2 nitrogen and oxygen atoms in total. The summed E-state index contributed by atoms with van der Waals surface area (Å²) in [5.74, 6) is 0.250. The van der Waals surface area contributed by atoms with E-state index in [0.29, 0.717) is 0 Å². The summed E-state index contributed by atoms with van der Waals surface area (Å²) in [6, 6.07) is 58.4. The van der Waals surface area contributed by atoms with Crippen LogP contribution >= 0.6 is 0 Å². The molecule has 0 radical (unpaired) electrons. The number of hydrogen-bond donors (Lipinski definition) is 0. The van der Waals surface area contributed by atoms with Crippen molar-refractivity contribution in [1.82, 2.24) is 4.57 Å². The number of nitrogens with zero attached hydrogens (tertiary/aromatic N) is 2. The summed E-state index contributed by atoms with van der Waals surface area (Å²) in [4.78, 5) is 4.75. The summed E-state index contributed by atoms with van der Waals surface area (Å²) in [5, 5.41) is 10.3. The van der Waals surface area contributed by atoms with Gasteiger partial charge in [0.1, 0.15) is 0 Å². The molecule has 0 spiro atoms. The van der Waals surface area contributed by atoms with Gasteiger partial charge in [-0.15, -0.1) is 0 Å². The van der Waals surface area contributed by atoms with E-state index in [9.17, 15) is 0 Å². The standard InChI is InChI=1S/C51H34N2/c1-2-10-38(11-3-1)53-50-26-23-36(31-47(50)48-32-37(24-27-51(48)53)39-28-29-52-49-17-9-8-16-45(39)49)34-20-18-33(19-21-34)35-22-25-44-42-14-5-4-12-40(42)41-13-6-7-15-43(41)46(44)30-35/h1-32,45,49H. The quantitative estimate of drug-likeness (QED) is 0.165. The highest BCUT2D eigenvalue weighted by atomic mass is 15.0. The van der Waals surface area contributed by atoms with Crippen LogP contribution in [0.4, 0.5) is 0 Å². The molecule has 0 saturated carbocycles. The molecule has 2 aliphatic rings. The van der Waals surface area contributed by atoms with Crippen LogP contribution in [0.2, 0.25) is 0 Å². The number of aromatic nitrogens is 1. The first kappa shape index (κ1) is 29.9. The van der Waals surface area contributed by atoms with E-state index in [-0.39, 0.29) is 12.0 Å². The number of fused-ring (bicyclic) bond motifs is 10. The highest BCUT2D eigenvalue weighted by molar-refractivity contribution is 6.25. The summed E-state index contributed by atoms with van der Waals surface area (Å²) in [6.45, 7) is 0. The second-order valence-corrected chi connectivity index (χ2v) is 14.3. The Morgan fingerprint density at radius 1 is 0.396 bits per heavy atom. The SMILES string of the molecule is C1=CC2N=CC=C(c3ccc4c(c3)c3cc(-c5ccc(-c6ccc7c8ccccc8c8ccccc8c7c6)cc5)ccc3n4-c3ccccc3)C2C=C1. The van der Waals surface area contributed by atoms with E-state index < -0.39 is 0 Å². The maximum Gasteiger partial charge on any atom is 0.0786 e. The van der Waals surface area contributed by atoms with E-state index in [2.05, 4.69) is 193 Å². The number of rotatable bonds is 4. The molecule has 2 atom stereocenters. The molecule has 11 rings (SSSR count). The molecule has 9 aromatic rings. The predicted molar refractivity (Wildman–Crippen MR) is 226 cm³/mol. The third-order valence-electron chi connectivity index (χ3n) is 11.4. The van der Waals surface area contributed by atoms with Crippen LogP contribution in [0.3, 0.4) is 0 Å². The maximum atomic E-state index is 4.75. The molecule has 0 bridgehead atoms. The number of para-hydroxylation sites is 1. The number of hydrogen-bond acceptors (Lipinski definition) is 1. The molecular formula is C51H34N2. The molecular weight excluding hydrogens is 641 g/mol. The number of dihydropyridines is 1. The van der Waals surface area contributed by atoms with Crippen LogP contribution in [-0.4, -0.2) is 16.8 Å². The zero-order valence-corrected chi connectivity index (χ0v) is 29.0. The first-order valence-electron chi connectivity index (χ1n) is 18.4. The molecule has 1 aromatic heterocycles. The Morgan fingerprint density at radius 2 is 0.887 bits per heavy atom. The van der Waals surface area contributed by atoms with Crippen LogP contribution in [0.15, 0.2) is 193 Å². The van der Waals surface area contributed by atoms with Gasteiger partial charge in [-0.05, 0) is 114 Å². The van der Waals surface area contributed by atoms with Gasteiger partial charge in [0.15, 0.2) is 0 Å². The molecule has 2 heteroatoms. The number of allylic oxidation sites excluding steroid dienone is 3. The van der Waals surface area contributed by atoms with Gasteiger partial charge in [0, 0.05) is 28.6 Å². The predicted octanol–water partition coefficient (Wildman–Crippen LogP) is 13.2. The lowest BCUT2D eigenvalue weighted by atomic mass is 9.82. The molecule has 2 unspecified atom stereocenters. The largest absolute Gasteiger partial charge is 0.309 e. The van der Waals surface area contributed by atoms with E-state index in [0.717, 1.165) is 5.69 Å². The van der Waals surface area contributed by atoms with Gasteiger partial charge >= 0.3 is 0 Å². The minimum Gasteiger partial charge on any atom is -0.309 e. The van der Waals surface area contributed by atoms with Gasteiger partial charge in [-0.3, -0.25) is 4.99 Å².